The van der Waals surface area contributed by atoms with E-state index >= 15 is 0 Å². The predicted octanol–water partition coefficient (Wildman–Crippen LogP) is 2.54. The van der Waals surface area contributed by atoms with Crippen LogP contribution < -0.4 is 4.90 Å². The first-order chi connectivity index (χ1) is 8.68. The molecular formula is C11H10F5NO2. The van der Waals surface area contributed by atoms with E-state index in [2.05, 4.69) is 0 Å². The summed E-state index contributed by atoms with van der Waals surface area (Å²) in [5, 5.41) is 8.65. The van der Waals surface area contributed by atoms with Gasteiger partial charge in [-0.05, 0) is 0 Å². The fraction of sp³-hybridized carbons (Fsp3) is 0.364. The summed E-state index contributed by atoms with van der Waals surface area (Å²) in [5.41, 5.74) is -1.15. The summed E-state index contributed by atoms with van der Waals surface area (Å²) in [7, 11) is 1.04. The third-order valence-electron chi connectivity index (χ3n) is 2.54. The molecule has 8 heteroatoms. The van der Waals surface area contributed by atoms with Crippen molar-refractivity contribution >= 4 is 11.7 Å². The fourth-order valence-electron chi connectivity index (χ4n) is 1.51. The van der Waals surface area contributed by atoms with E-state index < -0.39 is 53.2 Å². The van der Waals surface area contributed by atoms with Crippen molar-refractivity contribution < 1.29 is 31.9 Å². The molecule has 0 radical (unpaired) electrons. The Morgan fingerprint density at radius 3 is 1.79 bits per heavy atom. The Labute approximate surface area is 105 Å². The van der Waals surface area contributed by atoms with Crippen molar-refractivity contribution in [2.45, 2.75) is 6.92 Å². The third-order valence-corrected chi connectivity index (χ3v) is 2.54. The van der Waals surface area contributed by atoms with Gasteiger partial charge >= 0.3 is 5.97 Å². The van der Waals surface area contributed by atoms with Gasteiger partial charge in [-0.25, -0.2) is 22.0 Å². The molecule has 0 aliphatic carbocycles. The molecule has 19 heavy (non-hydrogen) atoms. The number of halogens is 5. The van der Waals surface area contributed by atoms with E-state index in [0.29, 0.717) is 4.90 Å². The average molecular weight is 283 g/mol. The van der Waals surface area contributed by atoms with Gasteiger partial charge in [0.25, 0.3) is 0 Å². The van der Waals surface area contributed by atoms with Crippen LogP contribution in [0.5, 0.6) is 0 Å². The molecule has 1 aromatic carbocycles. The molecule has 3 nitrogen and oxygen atoms in total. The van der Waals surface area contributed by atoms with E-state index in [9.17, 15) is 26.7 Å². The van der Waals surface area contributed by atoms with Crippen molar-refractivity contribution in [1.82, 2.24) is 0 Å². The number of aliphatic carboxylic acids is 1. The van der Waals surface area contributed by atoms with Crippen LogP contribution >= 0.6 is 0 Å². The van der Waals surface area contributed by atoms with Crippen molar-refractivity contribution in [3.8, 4) is 0 Å². The van der Waals surface area contributed by atoms with Crippen LogP contribution in [-0.4, -0.2) is 24.7 Å². The molecule has 1 N–H and O–H groups in total. The number of anilines is 1. The predicted molar refractivity (Wildman–Crippen MR) is 56.3 cm³/mol. The average Bonchev–Trinajstić information content (AvgIpc) is 2.34. The lowest BCUT2D eigenvalue weighted by Crippen LogP contribution is -2.30. The lowest BCUT2D eigenvalue weighted by Gasteiger charge is -2.23. The van der Waals surface area contributed by atoms with Gasteiger partial charge in [-0.3, -0.25) is 4.79 Å². The number of carboxylic acid groups (broad SMARTS) is 1. The molecule has 0 aliphatic rings. The lowest BCUT2D eigenvalue weighted by molar-refractivity contribution is -0.140. The Balaban J connectivity index is 3.24. The molecular weight excluding hydrogens is 273 g/mol. The van der Waals surface area contributed by atoms with Gasteiger partial charge in [0.1, 0.15) is 5.69 Å². The minimum Gasteiger partial charge on any atom is -0.481 e. The highest BCUT2D eigenvalue weighted by atomic mass is 19.2. The van der Waals surface area contributed by atoms with Gasteiger partial charge in [0.15, 0.2) is 23.3 Å². The second-order valence-corrected chi connectivity index (χ2v) is 4.04. The SMILES string of the molecule is CC(CN(C)c1c(F)c(F)c(F)c(F)c1F)C(=O)O. The van der Waals surface area contributed by atoms with Crippen LogP contribution in [0.1, 0.15) is 6.92 Å². The lowest BCUT2D eigenvalue weighted by atomic mass is 10.1. The van der Waals surface area contributed by atoms with Crippen LogP contribution in [-0.2, 0) is 4.79 Å². The second-order valence-electron chi connectivity index (χ2n) is 4.04. The van der Waals surface area contributed by atoms with Gasteiger partial charge in [0, 0.05) is 13.6 Å². The molecule has 1 atom stereocenters. The zero-order chi connectivity index (χ0) is 14.9. The molecule has 0 heterocycles. The van der Waals surface area contributed by atoms with Gasteiger partial charge in [-0.15, -0.1) is 0 Å². The standard InChI is InChI=1S/C11H10F5NO2/c1-4(11(18)19)3-17(2)10-8(15)6(13)5(12)7(14)9(10)16/h4H,3H2,1-2H3,(H,18,19). The molecule has 0 fully saturated rings. The van der Waals surface area contributed by atoms with Gasteiger partial charge in [0.05, 0.1) is 5.92 Å². The van der Waals surface area contributed by atoms with E-state index in [1.165, 1.54) is 6.92 Å². The van der Waals surface area contributed by atoms with Gasteiger partial charge < -0.3 is 10.0 Å². The minimum absolute atomic E-state index is 0.409. The maximum Gasteiger partial charge on any atom is 0.308 e. The summed E-state index contributed by atoms with van der Waals surface area (Å²) < 4.78 is 65.5. The summed E-state index contributed by atoms with van der Waals surface area (Å²) in [6, 6.07) is 0. The molecule has 1 aromatic rings. The fourth-order valence-corrected chi connectivity index (χ4v) is 1.51. The number of nitrogens with zero attached hydrogens (tertiary/aromatic N) is 1. The van der Waals surface area contributed by atoms with E-state index in [1.807, 2.05) is 0 Å². The molecule has 0 amide bonds. The van der Waals surface area contributed by atoms with E-state index in [0.717, 1.165) is 7.05 Å². The van der Waals surface area contributed by atoms with Crippen molar-refractivity contribution in [3.63, 3.8) is 0 Å². The quantitative estimate of drug-likeness (QED) is 0.524. The summed E-state index contributed by atoms with van der Waals surface area (Å²) >= 11 is 0. The zero-order valence-electron chi connectivity index (χ0n) is 9.98. The highest BCUT2D eigenvalue weighted by Crippen LogP contribution is 2.29. The summed E-state index contributed by atoms with van der Waals surface area (Å²) in [5.74, 6) is -12.7. The number of carbonyl (C=O) groups is 1. The van der Waals surface area contributed by atoms with Gasteiger partial charge in [-0.1, -0.05) is 6.92 Å². The van der Waals surface area contributed by atoms with Crippen LogP contribution in [0.4, 0.5) is 27.6 Å². The van der Waals surface area contributed by atoms with E-state index in [-0.39, 0.29) is 0 Å². The summed E-state index contributed by atoms with van der Waals surface area (Å²) in [6.07, 6.45) is 0. The highest BCUT2D eigenvalue weighted by Gasteiger charge is 2.28. The highest BCUT2D eigenvalue weighted by molar-refractivity contribution is 5.70. The zero-order valence-corrected chi connectivity index (χ0v) is 9.98. The first kappa shape index (κ1) is 15.2. The Morgan fingerprint density at radius 1 is 1.05 bits per heavy atom. The smallest absolute Gasteiger partial charge is 0.308 e. The monoisotopic (exact) mass is 283 g/mol. The number of rotatable bonds is 4. The van der Waals surface area contributed by atoms with Crippen molar-refractivity contribution in [3.05, 3.63) is 29.1 Å². The molecule has 0 bridgehead atoms. The van der Waals surface area contributed by atoms with E-state index in [4.69, 9.17) is 5.11 Å². The van der Waals surface area contributed by atoms with Crippen molar-refractivity contribution in [2.75, 3.05) is 18.5 Å². The van der Waals surface area contributed by atoms with Crippen LogP contribution in [0.15, 0.2) is 0 Å². The first-order valence-corrected chi connectivity index (χ1v) is 5.13. The number of benzene rings is 1. The molecule has 0 saturated carbocycles. The minimum atomic E-state index is -2.25. The molecule has 0 aliphatic heterocycles. The largest absolute Gasteiger partial charge is 0.481 e. The number of hydrogen-bond acceptors (Lipinski definition) is 2. The van der Waals surface area contributed by atoms with Crippen LogP contribution in [0.3, 0.4) is 0 Å². The summed E-state index contributed by atoms with van der Waals surface area (Å²) in [6.45, 7) is 0.832. The van der Waals surface area contributed by atoms with Crippen LogP contribution in [0.25, 0.3) is 0 Å². The maximum absolute atomic E-state index is 13.4. The van der Waals surface area contributed by atoms with Gasteiger partial charge in [0.2, 0.25) is 5.82 Å². The molecule has 0 saturated heterocycles. The molecule has 106 valence electrons. The Hall–Kier alpha value is -1.86. The second kappa shape index (κ2) is 5.41. The molecule has 0 spiro atoms. The van der Waals surface area contributed by atoms with Crippen LogP contribution in [0, 0.1) is 35.0 Å². The van der Waals surface area contributed by atoms with Gasteiger partial charge in [-0.2, -0.15) is 0 Å². The Bertz CT molecular complexity index is 491. The van der Waals surface area contributed by atoms with Crippen molar-refractivity contribution in [2.24, 2.45) is 5.92 Å². The third kappa shape index (κ3) is 2.77. The van der Waals surface area contributed by atoms with Crippen LogP contribution in [0.2, 0.25) is 0 Å². The first-order valence-electron chi connectivity index (χ1n) is 5.13. The number of hydrogen-bond donors (Lipinski definition) is 1. The molecule has 1 unspecified atom stereocenters. The topological polar surface area (TPSA) is 40.5 Å². The van der Waals surface area contributed by atoms with E-state index in [1.54, 1.807) is 0 Å². The molecule has 1 rings (SSSR count). The normalized spacial score (nSPS) is 12.4. The Morgan fingerprint density at radius 2 is 1.42 bits per heavy atom. The Kier molecular flexibility index (Phi) is 4.33. The molecule has 0 aromatic heterocycles. The van der Waals surface area contributed by atoms with Crippen molar-refractivity contribution in [1.29, 1.82) is 0 Å². The maximum atomic E-state index is 13.4. The summed E-state index contributed by atoms with van der Waals surface area (Å²) in [4.78, 5) is 11.3. The number of carboxylic acids is 1.